The van der Waals surface area contributed by atoms with Crippen molar-refractivity contribution in [2.45, 2.75) is 6.54 Å². The van der Waals surface area contributed by atoms with E-state index in [9.17, 15) is 0 Å². The Hall–Kier alpha value is -1.73. The van der Waals surface area contributed by atoms with Gasteiger partial charge in [0.05, 0.1) is 19.8 Å². The lowest BCUT2D eigenvalue weighted by atomic mass is 10.2. The molecule has 0 radical (unpaired) electrons. The van der Waals surface area contributed by atoms with Crippen molar-refractivity contribution in [3.8, 4) is 18.1 Å². The van der Waals surface area contributed by atoms with Gasteiger partial charge in [0.15, 0.2) is 0 Å². The van der Waals surface area contributed by atoms with Crippen LogP contribution in [0.5, 0.6) is 11.5 Å². The fraction of sp³-hybridized carbons (Fsp3) is 0.364. The summed E-state index contributed by atoms with van der Waals surface area (Å²) in [6.45, 7) is 5.54. The molecule has 0 saturated carbocycles. The molecule has 0 heterocycles. The molecule has 0 bridgehead atoms. The van der Waals surface area contributed by atoms with Crippen molar-refractivity contribution in [3.63, 3.8) is 0 Å². The Labute approximate surface area is 89.9 Å². The molecular weight excluding hydrogens is 194 g/mol. The maximum Gasteiger partial charge on any atom is 0.291 e. The second kappa shape index (κ2) is 7.65. The average Bonchev–Trinajstić information content (AvgIpc) is 2.32. The maximum atomic E-state index is 7.00. The van der Waals surface area contributed by atoms with Crippen molar-refractivity contribution >= 4 is 0 Å². The molecule has 1 aromatic rings. The van der Waals surface area contributed by atoms with Gasteiger partial charge in [-0.1, -0.05) is 4.85 Å². The normalized spacial score (nSPS) is 8.20. The molecule has 0 aliphatic heterocycles. The van der Waals surface area contributed by atoms with E-state index in [1.165, 1.54) is 0 Å². The van der Waals surface area contributed by atoms with Crippen molar-refractivity contribution < 1.29 is 14.6 Å². The molecule has 15 heavy (non-hydrogen) atoms. The molecule has 1 aromatic carbocycles. The molecule has 0 fully saturated rings. The van der Waals surface area contributed by atoms with Gasteiger partial charge in [-0.3, -0.25) is 0 Å². The van der Waals surface area contributed by atoms with Crippen LogP contribution in [0.3, 0.4) is 0 Å². The van der Waals surface area contributed by atoms with Gasteiger partial charge in [0.25, 0.3) is 13.1 Å². The Kier molecular flexibility index (Phi) is 6.77. The predicted octanol–water partition coefficient (Wildman–Crippen LogP) is 1.77. The van der Waals surface area contributed by atoms with E-state index in [2.05, 4.69) is 4.85 Å². The number of aliphatic hydroxyl groups excluding tert-OH is 1. The Morgan fingerprint density at radius 3 is 2.40 bits per heavy atom. The van der Waals surface area contributed by atoms with Gasteiger partial charge in [-0.05, 0) is 12.1 Å². The second-order valence-corrected chi connectivity index (χ2v) is 2.52. The summed E-state index contributed by atoms with van der Waals surface area (Å²) in [5.41, 5.74) is 0.950. The number of benzene rings is 1. The van der Waals surface area contributed by atoms with Crippen LogP contribution in [0.15, 0.2) is 18.2 Å². The SMILES string of the molecule is C#[N+]Cc1ccc(OC)cc1OC.CO. The fourth-order valence-corrected chi connectivity index (χ4v) is 1.08. The zero-order valence-electron chi connectivity index (χ0n) is 9.23. The van der Waals surface area contributed by atoms with Gasteiger partial charge in [-0.2, -0.15) is 0 Å². The summed E-state index contributed by atoms with van der Waals surface area (Å²) in [7, 11) is 4.22. The van der Waals surface area contributed by atoms with E-state index < -0.39 is 0 Å². The number of methoxy groups -OCH3 is 2. The molecule has 0 unspecified atom stereocenters. The quantitative estimate of drug-likeness (QED) is 0.826. The summed E-state index contributed by atoms with van der Waals surface area (Å²) in [6.07, 6.45) is 0. The molecule has 4 heteroatoms. The molecule has 82 valence electrons. The summed E-state index contributed by atoms with van der Waals surface area (Å²) in [4.78, 5) is 3.55. The molecule has 0 saturated heterocycles. The van der Waals surface area contributed by atoms with Gasteiger partial charge in [-0.25, -0.2) is 0 Å². The first-order valence-corrected chi connectivity index (χ1v) is 4.34. The van der Waals surface area contributed by atoms with Gasteiger partial charge in [0.2, 0.25) is 0 Å². The lowest BCUT2D eigenvalue weighted by Crippen LogP contribution is -1.91. The third-order valence-electron chi connectivity index (χ3n) is 1.76. The molecule has 0 spiro atoms. The summed E-state index contributed by atoms with van der Waals surface area (Å²) >= 11 is 0. The maximum absolute atomic E-state index is 7.00. The lowest BCUT2D eigenvalue weighted by Gasteiger charge is -2.05. The van der Waals surface area contributed by atoms with Gasteiger partial charge < -0.3 is 14.6 Å². The van der Waals surface area contributed by atoms with E-state index in [1.54, 1.807) is 20.3 Å². The average molecular weight is 210 g/mol. The van der Waals surface area contributed by atoms with Crippen LogP contribution in [-0.2, 0) is 6.54 Å². The van der Waals surface area contributed by atoms with E-state index >= 15 is 0 Å². The number of hydrogen-bond donors (Lipinski definition) is 1. The lowest BCUT2D eigenvalue weighted by molar-refractivity contribution is 0.391. The van der Waals surface area contributed by atoms with Crippen LogP contribution >= 0.6 is 0 Å². The molecule has 1 rings (SSSR count). The van der Waals surface area contributed by atoms with E-state index in [0.29, 0.717) is 6.54 Å². The Bertz CT molecular complexity index is 331. The highest BCUT2D eigenvalue weighted by Gasteiger charge is 2.07. The molecule has 0 atom stereocenters. The van der Waals surface area contributed by atoms with Crippen LogP contribution in [0.25, 0.3) is 4.85 Å². The molecule has 0 aromatic heterocycles. The molecular formula is C11H16NO3+. The smallest absolute Gasteiger partial charge is 0.291 e. The zero-order chi connectivity index (χ0) is 11.7. The minimum Gasteiger partial charge on any atom is -0.497 e. The monoisotopic (exact) mass is 210 g/mol. The summed E-state index contributed by atoms with van der Waals surface area (Å²) < 4.78 is 10.2. The van der Waals surface area contributed by atoms with Crippen LogP contribution in [0.2, 0.25) is 0 Å². The molecule has 4 nitrogen and oxygen atoms in total. The van der Waals surface area contributed by atoms with Crippen molar-refractivity contribution in [1.29, 1.82) is 0 Å². The summed E-state index contributed by atoms with van der Waals surface area (Å²) in [5.74, 6) is 1.51. The highest BCUT2D eigenvalue weighted by atomic mass is 16.5. The fourth-order valence-electron chi connectivity index (χ4n) is 1.08. The second-order valence-electron chi connectivity index (χ2n) is 2.52. The van der Waals surface area contributed by atoms with Gasteiger partial charge in [0.1, 0.15) is 11.5 Å². The van der Waals surface area contributed by atoms with Crippen molar-refractivity contribution in [2.75, 3.05) is 21.3 Å². The third-order valence-corrected chi connectivity index (χ3v) is 1.76. The number of ether oxygens (including phenoxy) is 2. The first-order chi connectivity index (χ1) is 7.31. The number of hydrogen-bond acceptors (Lipinski definition) is 3. The summed E-state index contributed by atoms with van der Waals surface area (Å²) in [5, 5.41) is 7.00. The Morgan fingerprint density at radius 1 is 1.27 bits per heavy atom. The van der Waals surface area contributed by atoms with E-state index in [0.717, 1.165) is 24.2 Å². The van der Waals surface area contributed by atoms with Crippen LogP contribution < -0.4 is 9.47 Å². The minimum atomic E-state index is 0.452. The standard InChI is InChI=1S/C10H12NO2.CH4O/c1-11-7-8-4-5-9(12-2)6-10(8)13-3;1-2/h1,4-6H,7H2,2-3H3;2H,1H3/q+1;. The van der Waals surface area contributed by atoms with Crippen molar-refractivity contribution in [2.24, 2.45) is 0 Å². The van der Waals surface area contributed by atoms with Crippen LogP contribution in [-0.4, -0.2) is 26.4 Å². The number of aliphatic hydroxyl groups is 1. The van der Waals surface area contributed by atoms with Crippen LogP contribution in [0.4, 0.5) is 0 Å². The van der Waals surface area contributed by atoms with Crippen molar-refractivity contribution in [3.05, 3.63) is 28.6 Å². The summed E-state index contributed by atoms with van der Waals surface area (Å²) in [6, 6.07) is 5.54. The highest BCUT2D eigenvalue weighted by Crippen LogP contribution is 2.24. The topological polar surface area (TPSA) is 43.0 Å². The minimum absolute atomic E-state index is 0.452. The highest BCUT2D eigenvalue weighted by molar-refractivity contribution is 5.41. The largest absolute Gasteiger partial charge is 0.497 e. The molecule has 0 amide bonds. The number of nitrogens with zero attached hydrogens (tertiary/aromatic N) is 1. The van der Waals surface area contributed by atoms with E-state index in [1.807, 2.05) is 12.1 Å². The molecule has 0 aliphatic carbocycles. The predicted molar refractivity (Wildman–Crippen MR) is 59.7 cm³/mol. The van der Waals surface area contributed by atoms with Crippen LogP contribution in [0, 0.1) is 6.57 Å². The first-order valence-electron chi connectivity index (χ1n) is 4.34. The van der Waals surface area contributed by atoms with Gasteiger partial charge in [0, 0.05) is 13.2 Å². The zero-order valence-corrected chi connectivity index (χ0v) is 9.23. The van der Waals surface area contributed by atoms with Gasteiger partial charge >= 0.3 is 0 Å². The number of rotatable bonds is 3. The molecule has 0 aliphatic rings. The molecule has 1 N–H and O–H groups in total. The third kappa shape index (κ3) is 3.88. The Morgan fingerprint density at radius 2 is 1.93 bits per heavy atom. The first kappa shape index (κ1) is 13.3. The van der Waals surface area contributed by atoms with Crippen LogP contribution in [0.1, 0.15) is 5.56 Å². The van der Waals surface area contributed by atoms with E-state index in [4.69, 9.17) is 21.2 Å². The van der Waals surface area contributed by atoms with Crippen molar-refractivity contribution in [1.82, 2.24) is 0 Å². The Balaban J connectivity index is 0.000000921. The van der Waals surface area contributed by atoms with Gasteiger partial charge in [-0.15, -0.1) is 0 Å². The van der Waals surface area contributed by atoms with E-state index in [-0.39, 0.29) is 0 Å².